The largest absolute Gasteiger partial charge is 0.480 e. The fourth-order valence-electron chi connectivity index (χ4n) is 1.84. The Hall–Kier alpha value is -1.10. The standard InChI is InChI=1S/C13H26N2O3/c1-4-9-15(10-12(17)18)11(16)5-6-13(2,3)7-8-14/h4-10,14H2,1-3H3,(H,17,18). The van der Waals surface area contributed by atoms with Crippen molar-refractivity contribution in [3.63, 3.8) is 0 Å². The van der Waals surface area contributed by atoms with E-state index < -0.39 is 5.97 Å². The lowest BCUT2D eigenvalue weighted by Gasteiger charge is -2.26. The van der Waals surface area contributed by atoms with Gasteiger partial charge < -0.3 is 15.7 Å². The molecule has 106 valence electrons. The van der Waals surface area contributed by atoms with Crippen molar-refractivity contribution in [2.75, 3.05) is 19.6 Å². The van der Waals surface area contributed by atoms with Gasteiger partial charge in [0.1, 0.15) is 6.54 Å². The van der Waals surface area contributed by atoms with Gasteiger partial charge >= 0.3 is 5.97 Å². The van der Waals surface area contributed by atoms with Crippen molar-refractivity contribution in [3.8, 4) is 0 Å². The highest BCUT2D eigenvalue weighted by Gasteiger charge is 2.21. The molecule has 0 aliphatic heterocycles. The van der Waals surface area contributed by atoms with Crippen LogP contribution in [0.1, 0.15) is 46.5 Å². The van der Waals surface area contributed by atoms with Crippen molar-refractivity contribution in [2.24, 2.45) is 11.1 Å². The third-order valence-electron chi connectivity index (χ3n) is 3.01. The van der Waals surface area contributed by atoms with E-state index in [-0.39, 0.29) is 17.9 Å². The number of carbonyl (C=O) groups is 2. The smallest absolute Gasteiger partial charge is 0.323 e. The Morgan fingerprint density at radius 2 is 1.89 bits per heavy atom. The van der Waals surface area contributed by atoms with E-state index in [1.165, 1.54) is 4.90 Å². The second-order valence-corrected chi connectivity index (χ2v) is 5.41. The Morgan fingerprint density at radius 3 is 2.33 bits per heavy atom. The van der Waals surface area contributed by atoms with Crippen LogP contribution in [0.3, 0.4) is 0 Å². The number of hydrogen-bond acceptors (Lipinski definition) is 3. The lowest BCUT2D eigenvalue weighted by atomic mass is 9.84. The molecule has 0 aliphatic carbocycles. The first-order chi connectivity index (χ1) is 8.32. The summed E-state index contributed by atoms with van der Waals surface area (Å²) in [7, 11) is 0. The van der Waals surface area contributed by atoms with E-state index in [9.17, 15) is 9.59 Å². The van der Waals surface area contributed by atoms with E-state index in [0.717, 1.165) is 19.3 Å². The predicted molar refractivity (Wildman–Crippen MR) is 71.2 cm³/mol. The van der Waals surface area contributed by atoms with E-state index in [1.807, 2.05) is 6.92 Å². The van der Waals surface area contributed by atoms with Gasteiger partial charge in [-0.2, -0.15) is 0 Å². The molecule has 5 nitrogen and oxygen atoms in total. The highest BCUT2D eigenvalue weighted by Crippen LogP contribution is 2.26. The molecule has 0 saturated carbocycles. The highest BCUT2D eigenvalue weighted by molar-refractivity contribution is 5.81. The molecule has 0 aromatic rings. The summed E-state index contributed by atoms with van der Waals surface area (Å²) in [5.74, 6) is -1.04. The number of amides is 1. The molecule has 0 radical (unpaired) electrons. The molecule has 0 rings (SSSR count). The van der Waals surface area contributed by atoms with E-state index in [4.69, 9.17) is 10.8 Å². The van der Waals surface area contributed by atoms with E-state index in [2.05, 4.69) is 13.8 Å². The van der Waals surface area contributed by atoms with Crippen LogP contribution in [0.5, 0.6) is 0 Å². The summed E-state index contributed by atoms with van der Waals surface area (Å²) in [5, 5.41) is 8.76. The fraction of sp³-hybridized carbons (Fsp3) is 0.846. The maximum absolute atomic E-state index is 12.0. The molecule has 0 aromatic carbocycles. The summed E-state index contributed by atoms with van der Waals surface area (Å²) >= 11 is 0. The van der Waals surface area contributed by atoms with Crippen molar-refractivity contribution in [1.82, 2.24) is 4.90 Å². The van der Waals surface area contributed by atoms with Gasteiger partial charge in [0.2, 0.25) is 5.91 Å². The van der Waals surface area contributed by atoms with Gasteiger partial charge in [-0.1, -0.05) is 20.8 Å². The zero-order valence-corrected chi connectivity index (χ0v) is 11.7. The Balaban J connectivity index is 4.29. The van der Waals surface area contributed by atoms with E-state index in [1.54, 1.807) is 0 Å². The topological polar surface area (TPSA) is 83.6 Å². The number of aliphatic carboxylic acids is 1. The number of carboxylic acid groups (broad SMARTS) is 1. The molecular formula is C13H26N2O3. The normalized spacial score (nSPS) is 11.3. The molecule has 0 saturated heterocycles. The number of nitrogens with zero attached hydrogens (tertiary/aromatic N) is 1. The zero-order valence-electron chi connectivity index (χ0n) is 11.7. The molecule has 5 heteroatoms. The first kappa shape index (κ1) is 16.9. The summed E-state index contributed by atoms with van der Waals surface area (Å²) in [6, 6.07) is 0. The lowest BCUT2D eigenvalue weighted by Crippen LogP contribution is -2.36. The molecule has 0 bridgehead atoms. The zero-order chi connectivity index (χ0) is 14.2. The number of hydrogen-bond donors (Lipinski definition) is 2. The quantitative estimate of drug-likeness (QED) is 0.656. The van der Waals surface area contributed by atoms with Crippen LogP contribution in [0.2, 0.25) is 0 Å². The van der Waals surface area contributed by atoms with Gasteiger partial charge in [0.05, 0.1) is 0 Å². The van der Waals surface area contributed by atoms with Crippen molar-refractivity contribution in [3.05, 3.63) is 0 Å². The molecule has 0 unspecified atom stereocenters. The average molecular weight is 258 g/mol. The summed E-state index contributed by atoms with van der Waals surface area (Å²) in [5.41, 5.74) is 5.55. The molecule has 0 atom stereocenters. The van der Waals surface area contributed by atoms with Crippen LogP contribution in [0.4, 0.5) is 0 Å². The molecule has 3 N–H and O–H groups in total. The molecule has 18 heavy (non-hydrogen) atoms. The Morgan fingerprint density at radius 1 is 1.28 bits per heavy atom. The first-order valence-corrected chi connectivity index (χ1v) is 6.52. The highest BCUT2D eigenvalue weighted by atomic mass is 16.4. The van der Waals surface area contributed by atoms with Crippen molar-refractivity contribution < 1.29 is 14.7 Å². The Kier molecular flexibility index (Phi) is 7.59. The van der Waals surface area contributed by atoms with Crippen LogP contribution in [0.15, 0.2) is 0 Å². The predicted octanol–water partition coefficient (Wildman–Crippen LogP) is 1.46. The summed E-state index contributed by atoms with van der Waals surface area (Å²) < 4.78 is 0. The minimum atomic E-state index is -0.960. The molecular weight excluding hydrogens is 232 g/mol. The second-order valence-electron chi connectivity index (χ2n) is 5.41. The van der Waals surface area contributed by atoms with Gasteiger partial charge in [-0.25, -0.2) is 0 Å². The monoisotopic (exact) mass is 258 g/mol. The number of rotatable bonds is 9. The van der Waals surface area contributed by atoms with Crippen LogP contribution in [0, 0.1) is 5.41 Å². The van der Waals surface area contributed by atoms with E-state index >= 15 is 0 Å². The molecule has 0 aliphatic rings. The van der Waals surface area contributed by atoms with Crippen LogP contribution in [0.25, 0.3) is 0 Å². The third-order valence-corrected chi connectivity index (χ3v) is 3.01. The van der Waals surface area contributed by atoms with Gasteiger partial charge in [0.15, 0.2) is 0 Å². The minimum Gasteiger partial charge on any atom is -0.480 e. The molecule has 0 fully saturated rings. The maximum atomic E-state index is 12.0. The summed E-state index contributed by atoms with van der Waals surface area (Å²) in [4.78, 5) is 24.1. The van der Waals surface area contributed by atoms with Crippen LogP contribution < -0.4 is 5.73 Å². The molecule has 0 aromatic heterocycles. The van der Waals surface area contributed by atoms with Gasteiger partial charge in [-0.15, -0.1) is 0 Å². The SMILES string of the molecule is CCCN(CC(=O)O)C(=O)CCC(C)(C)CCN. The maximum Gasteiger partial charge on any atom is 0.323 e. The van der Waals surface area contributed by atoms with Crippen LogP contribution in [-0.2, 0) is 9.59 Å². The molecule has 0 spiro atoms. The fourth-order valence-corrected chi connectivity index (χ4v) is 1.84. The number of nitrogens with two attached hydrogens (primary N) is 1. The minimum absolute atomic E-state index is 0.0333. The Bertz CT molecular complexity index is 277. The number of carbonyl (C=O) groups excluding carboxylic acids is 1. The first-order valence-electron chi connectivity index (χ1n) is 6.52. The van der Waals surface area contributed by atoms with Gasteiger partial charge in [-0.05, 0) is 31.2 Å². The summed E-state index contributed by atoms with van der Waals surface area (Å²) in [6.07, 6.45) is 2.77. The van der Waals surface area contributed by atoms with Gasteiger partial charge in [-0.3, -0.25) is 9.59 Å². The van der Waals surface area contributed by atoms with E-state index in [0.29, 0.717) is 19.5 Å². The van der Waals surface area contributed by atoms with Crippen molar-refractivity contribution in [1.29, 1.82) is 0 Å². The summed E-state index contributed by atoms with van der Waals surface area (Å²) in [6.45, 7) is 6.99. The lowest BCUT2D eigenvalue weighted by molar-refractivity contribution is -0.144. The second kappa shape index (κ2) is 8.08. The number of carboxylic acids is 1. The van der Waals surface area contributed by atoms with Crippen molar-refractivity contribution in [2.45, 2.75) is 46.5 Å². The Labute approximate surface area is 109 Å². The van der Waals surface area contributed by atoms with Gasteiger partial charge in [0.25, 0.3) is 0 Å². The average Bonchev–Trinajstić information content (AvgIpc) is 2.25. The molecule has 0 heterocycles. The van der Waals surface area contributed by atoms with Crippen LogP contribution in [-0.4, -0.2) is 41.5 Å². The van der Waals surface area contributed by atoms with Crippen LogP contribution >= 0.6 is 0 Å². The molecule has 1 amide bonds. The van der Waals surface area contributed by atoms with Crippen molar-refractivity contribution >= 4 is 11.9 Å². The third kappa shape index (κ3) is 7.27. The van der Waals surface area contributed by atoms with Gasteiger partial charge in [0, 0.05) is 13.0 Å².